The van der Waals surface area contributed by atoms with Gasteiger partial charge in [0.05, 0.1) is 7.11 Å². The van der Waals surface area contributed by atoms with E-state index in [-0.39, 0.29) is 0 Å². The van der Waals surface area contributed by atoms with Crippen LogP contribution in [0.3, 0.4) is 0 Å². The first-order valence-corrected chi connectivity index (χ1v) is 7.57. The lowest BCUT2D eigenvalue weighted by atomic mass is 10.0. The summed E-state index contributed by atoms with van der Waals surface area (Å²) in [4.78, 5) is 14.8. The van der Waals surface area contributed by atoms with Gasteiger partial charge in [-0.25, -0.2) is 9.97 Å². The molecule has 6 nitrogen and oxygen atoms in total. The van der Waals surface area contributed by atoms with Crippen molar-refractivity contribution in [2.24, 2.45) is 0 Å². The highest BCUT2D eigenvalue weighted by molar-refractivity contribution is 5.38. The number of ether oxygens (including phenoxy) is 1. The Morgan fingerprint density at radius 3 is 2.73 bits per heavy atom. The van der Waals surface area contributed by atoms with Crippen LogP contribution in [0.25, 0.3) is 0 Å². The summed E-state index contributed by atoms with van der Waals surface area (Å²) in [7, 11) is 1.61. The van der Waals surface area contributed by atoms with Gasteiger partial charge in [0.2, 0.25) is 5.88 Å². The average molecular weight is 299 g/mol. The van der Waals surface area contributed by atoms with Gasteiger partial charge in [-0.15, -0.1) is 0 Å². The molecular formula is C16H21N5O. The standard InChI is InChI=1S/C16H21N5O/c1-22-16-10-15(18-12-19-16)20-14-4-8-21(9-5-14)11-13-2-6-17-7-3-13/h2-3,6-7,10,12,14H,4-5,8-9,11H2,1H3,(H,18,19,20). The number of methoxy groups -OCH3 is 1. The van der Waals surface area contributed by atoms with E-state index in [2.05, 4.69) is 37.3 Å². The third-order valence-corrected chi connectivity index (χ3v) is 3.95. The van der Waals surface area contributed by atoms with Gasteiger partial charge in [0.15, 0.2) is 0 Å². The Hall–Kier alpha value is -2.21. The van der Waals surface area contributed by atoms with E-state index in [1.165, 1.54) is 11.9 Å². The van der Waals surface area contributed by atoms with Crippen LogP contribution >= 0.6 is 0 Å². The third-order valence-electron chi connectivity index (χ3n) is 3.95. The maximum absolute atomic E-state index is 5.12. The molecule has 1 aliphatic rings. The van der Waals surface area contributed by atoms with Gasteiger partial charge in [-0.2, -0.15) is 0 Å². The molecule has 0 amide bonds. The largest absolute Gasteiger partial charge is 0.481 e. The monoisotopic (exact) mass is 299 g/mol. The van der Waals surface area contributed by atoms with E-state index in [9.17, 15) is 0 Å². The zero-order valence-corrected chi connectivity index (χ0v) is 12.8. The zero-order valence-electron chi connectivity index (χ0n) is 12.8. The van der Waals surface area contributed by atoms with Crippen LogP contribution in [0.1, 0.15) is 18.4 Å². The fourth-order valence-electron chi connectivity index (χ4n) is 2.72. The Balaban J connectivity index is 1.49. The van der Waals surface area contributed by atoms with Gasteiger partial charge >= 0.3 is 0 Å². The van der Waals surface area contributed by atoms with Gasteiger partial charge in [0.25, 0.3) is 0 Å². The third kappa shape index (κ3) is 3.92. The second-order valence-electron chi connectivity index (χ2n) is 5.50. The molecule has 0 aliphatic carbocycles. The summed E-state index contributed by atoms with van der Waals surface area (Å²) in [5.74, 6) is 1.42. The zero-order chi connectivity index (χ0) is 15.2. The number of hydrogen-bond donors (Lipinski definition) is 1. The van der Waals surface area contributed by atoms with Crippen LogP contribution in [-0.2, 0) is 6.54 Å². The van der Waals surface area contributed by atoms with E-state index in [0.717, 1.165) is 38.3 Å². The molecule has 1 N–H and O–H groups in total. The molecule has 3 heterocycles. The highest BCUT2D eigenvalue weighted by Gasteiger charge is 2.19. The maximum atomic E-state index is 5.12. The lowest BCUT2D eigenvalue weighted by Gasteiger charge is -2.32. The number of aromatic nitrogens is 3. The average Bonchev–Trinajstić information content (AvgIpc) is 2.58. The molecule has 0 aromatic carbocycles. The predicted molar refractivity (Wildman–Crippen MR) is 84.7 cm³/mol. The summed E-state index contributed by atoms with van der Waals surface area (Å²) in [5.41, 5.74) is 1.32. The number of piperidine rings is 1. The predicted octanol–water partition coefficient (Wildman–Crippen LogP) is 1.96. The first kappa shape index (κ1) is 14.7. The van der Waals surface area contributed by atoms with Crippen molar-refractivity contribution in [2.45, 2.75) is 25.4 Å². The Kier molecular flexibility index (Phi) is 4.80. The van der Waals surface area contributed by atoms with Crippen LogP contribution < -0.4 is 10.1 Å². The van der Waals surface area contributed by atoms with Gasteiger partial charge in [-0.1, -0.05) is 0 Å². The molecule has 0 spiro atoms. The van der Waals surface area contributed by atoms with Crippen LogP contribution in [0, 0.1) is 0 Å². The number of likely N-dealkylation sites (tertiary alicyclic amines) is 1. The van der Waals surface area contributed by atoms with E-state index >= 15 is 0 Å². The molecule has 2 aromatic heterocycles. The minimum atomic E-state index is 0.452. The summed E-state index contributed by atoms with van der Waals surface area (Å²) < 4.78 is 5.12. The van der Waals surface area contributed by atoms with E-state index in [1.54, 1.807) is 7.11 Å². The van der Waals surface area contributed by atoms with Crippen LogP contribution in [0.4, 0.5) is 5.82 Å². The summed E-state index contributed by atoms with van der Waals surface area (Å²) in [6.45, 7) is 3.17. The molecule has 3 rings (SSSR count). The molecule has 1 saturated heterocycles. The topological polar surface area (TPSA) is 63.2 Å². The molecule has 22 heavy (non-hydrogen) atoms. The van der Waals surface area contributed by atoms with Crippen molar-refractivity contribution in [3.63, 3.8) is 0 Å². The Morgan fingerprint density at radius 1 is 1.23 bits per heavy atom. The summed E-state index contributed by atoms with van der Waals surface area (Å²) in [6.07, 6.45) is 7.45. The Labute approximate surface area is 130 Å². The van der Waals surface area contributed by atoms with Gasteiger partial charge in [-0.3, -0.25) is 9.88 Å². The minimum Gasteiger partial charge on any atom is -0.481 e. The first-order valence-electron chi connectivity index (χ1n) is 7.57. The molecule has 0 atom stereocenters. The van der Waals surface area contributed by atoms with Crippen molar-refractivity contribution in [3.05, 3.63) is 42.5 Å². The molecule has 6 heteroatoms. The van der Waals surface area contributed by atoms with E-state index in [4.69, 9.17) is 4.74 Å². The lowest BCUT2D eigenvalue weighted by molar-refractivity contribution is 0.211. The second-order valence-corrected chi connectivity index (χ2v) is 5.50. The highest BCUT2D eigenvalue weighted by atomic mass is 16.5. The number of rotatable bonds is 5. The second kappa shape index (κ2) is 7.17. The fourth-order valence-corrected chi connectivity index (χ4v) is 2.72. The Bertz CT molecular complexity index is 584. The van der Waals surface area contributed by atoms with Gasteiger partial charge in [-0.05, 0) is 30.5 Å². The van der Waals surface area contributed by atoms with Crippen molar-refractivity contribution in [1.82, 2.24) is 19.9 Å². The number of nitrogens with one attached hydrogen (secondary N) is 1. The highest BCUT2D eigenvalue weighted by Crippen LogP contribution is 2.18. The Morgan fingerprint density at radius 2 is 2.00 bits per heavy atom. The molecule has 1 fully saturated rings. The summed E-state index contributed by atoms with van der Waals surface area (Å²) >= 11 is 0. The smallest absolute Gasteiger partial charge is 0.218 e. The fraction of sp³-hybridized carbons (Fsp3) is 0.438. The molecule has 0 bridgehead atoms. The van der Waals surface area contributed by atoms with Crippen LogP contribution in [0.15, 0.2) is 36.9 Å². The van der Waals surface area contributed by atoms with Crippen molar-refractivity contribution in [2.75, 3.05) is 25.5 Å². The van der Waals surface area contributed by atoms with E-state index < -0.39 is 0 Å². The van der Waals surface area contributed by atoms with Crippen molar-refractivity contribution in [1.29, 1.82) is 0 Å². The van der Waals surface area contributed by atoms with Gasteiger partial charge in [0, 0.05) is 44.1 Å². The molecule has 2 aromatic rings. The van der Waals surface area contributed by atoms with Crippen LogP contribution in [-0.4, -0.2) is 46.1 Å². The first-order chi connectivity index (χ1) is 10.8. The summed E-state index contributed by atoms with van der Waals surface area (Å²) in [6, 6.07) is 6.45. The van der Waals surface area contributed by atoms with Crippen LogP contribution in [0.2, 0.25) is 0 Å². The molecule has 0 saturated carbocycles. The molecular weight excluding hydrogens is 278 g/mol. The van der Waals surface area contributed by atoms with Crippen molar-refractivity contribution >= 4 is 5.82 Å². The number of pyridine rings is 1. The number of hydrogen-bond acceptors (Lipinski definition) is 6. The summed E-state index contributed by atoms with van der Waals surface area (Å²) in [5, 5.41) is 3.47. The van der Waals surface area contributed by atoms with Crippen molar-refractivity contribution < 1.29 is 4.74 Å². The molecule has 116 valence electrons. The quantitative estimate of drug-likeness (QED) is 0.910. The maximum Gasteiger partial charge on any atom is 0.218 e. The van der Waals surface area contributed by atoms with Gasteiger partial charge in [0.1, 0.15) is 12.1 Å². The van der Waals surface area contributed by atoms with E-state index in [1.807, 2.05) is 18.5 Å². The number of anilines is 1. The van der Waals surface area contributed by atoms with Gasteiger partial charge < -0.3 is 10.1 Å². The van der Waals surface area contributed by atoms with E-state index in [0.29, 0.717) is 11.9 Å². The minimum absolute atomic E-state index is 0.452. The SMILES string of the molecule is COc1cc(NC2CCN(Cc3ccncc3)CC2)ncn1. The van der Waals surface area contributed by atoms with Crippen LogP contribution in [0.5, 0.6) is 5.88 Å². The number of nitrogens with zero attached hydrogens (tertiary/aromatic N) is 4. The molecule has 1 aliphatic heterocycles. The molecule has 0 radical (unpaired) electrons. The lowest BCUT2D eigenvalue weighted by Crippen LogP contribution is -2.38. The molecule has 0 unspecified atom stereocenters. The normalized spacial score (nSPS) is 16.4. The van der Waals surface area contributed by atoms with Crippen molar-refractivity contribution in [3.8, 4) is 5.88 Å².